The zero-order valence-corrected chi connectivity index (χ0v) is 11.5. The number of sulfonamides is 1. The Balaban J connectivity index is 2.15. The van der Waals surface area contributed by atoms with E-state index in [1.54, 1.807) is 12.1 Å². The van der Waals surface area contributed by atoms with Crippen molar-refractivity contribution in [2.24, 2.45) is 5.73 Å². The molecular weight excluding hydrogens is 248 g/mol. The first-order valence-corrected chi connectivity index (χ1v) is 7.88. The number of fused-ring (bicyclic) bond motifs is 1. The monoisotopic (exact) mass is 268 g/mol. The number of aryl methyl sites for hydroxylation is 2. The van der Waals surface area contributed by atoms with Crippen molar-refractivity contribution in [3.05, 3.63) is 29.3 Å². The van der Waals surface area contributed by atoms with Gasteiger partial charge in [-0.1, -0.05) is 13.0 Å². The van der Waals surface area contributed by atoms with E-state index in [0.717, 1.165) is 31.2 Å². The summed E-state index contributed by atoms with van der Waals surface area (Å²) >= 11 is 0. The molecule has 2 rings (SSSR count). The van der Waals surface area contributed by atoms with E-state index in [-0.39, 0.29) is 12.6 Å². The highest BCUT2D eigenvalue weighted by molar-refractivity contribution is 7.89. The third-order valence-corrected chi connectivity index (χ3v) is 4.86. The number of benzene rings is 1. The van der Waals surface area contributed by atoms with Crippen LogP contribution >= 0.6 is 0 Å². The van der Waals surface area contributed by atoms with Crippen molar-refractivity contribution < 1.29 is 8.42 Å². The van der Waals surface area contributed by atoms with Crippen LogP contribution in [0, 0.1) is 0 Å². The average molecular weight is 268 g/mol. The molecule has 0 saturated heterocycles. The molecule has 0 spiro atoms. The topological polar surface area (TPSA) is 72.2 Å². The first-order chi connectivity index (χ1) is 8.53. The van der Waals surface area contributed by atoms with Crippen molar-refractivity contribution in [2.45, 2.75) is 43.5 Å². The SMILES string of the molecule is CCC(N)CNS(=O)(=O)c1ccc2c(c1)CCC2. The van der Waals surface area contributed by atoms with Gasteiger partial charge in [0, 0.05) is 12.6 Å². The molecule has 1 aromatic carbocycles. The van der Waals surface area contributed by atoms with Gasteiger partial charge in [-0.25, -0.2) is 13.1 Å². The summed E-state index contributed by atoms with van der Waals surface area (Å²) in [6.07, 6.45) is 3.91. The van der Waals surface area contributed by atoms with Crippen LogP contribution < -0.4 is 10.5 Å². The lowest BCUT2D eigenvalue weighted by molar-refractivity contribution is 0.564. The van der Waals surface area contributed by atoms with Crippen LogP contribution in [0.25, 0.3) is 0 Å². The number of nitrogens with two attached hydrogens (primary N) is 1. The fraction of sp³-hybridized carbons (Fsp3) is 0.538. The second-order valence-electron chi connectivity index (χ2n) is 4.80. The first kappa shape index (κ1) is 13.5. The third-order valence-electron chi connectivity index (χ3n) is 3.44. The summed E-state index contributed by atoms with van der Waals surface area (Å²) in [4.78, 5) is 0.353. The Morgan fingerprint density at radius 1 is 1.33 bits per heavy atom. The Bertz CT molecular complexity index is 526. The van der Waals surface area contributed by atoms with E-state index in [4.69, 9.17) is 5.73 Å². The molecule has 3 N–H and O–H groups in total. The van der Waals surface area contributed by atoms with E-state index in [1.807, 2.05) is 13.0 Å². The van der Waals surface area contributed by atoms with Gasteiger partial charge < -0.3 is 5.73 Å². The Morgan fingerprint density at radius 2 is 2.06 bits per heavy atom. The van der Waals surface area contributed by atoms with Crippen LogP contribution in [0.3, 0.4) is 0 Å². The molecule has 4 nitrogen and oxygen atoms in total. The van der Waals surface area contributed by atoms with Gasteiger partial charge >= 0.3 is 0 Å². The second-order valence-corrected chi connectivity index (χ2v) is 6.57. The summed E-state index contributed by atoms with van der Waals surface area (Å²) < 4.78 is 26.7. The second kappa shape index (κ2) is 5.38. The van der Waals surface area contributed by atoms with Gasteiger partial charge in [0.1, 0.15) is 0 Å². The molecule has 0 fully saturated rings. The minimum absolute atomic E-state index is 0.130. The average Bonchev–Trinajstić information content (AvgIpc) is 2.83. The summed E-state index contributed by atoms with van der Waals surface area (Å²) in [6, 6.07) is 5.28. The van der Waals surface area contributed by atoms with E-state index >= 15 is 0 Å². The van der Waals surface area contributed by atoms with Crippen molar-refractivity contribution in [3.8, 4) is 0 Å². The summed E-state index contributed by atoms with van der Waals surface area (Å²) in [5.41, 5.74) is 8.16. The molecule has 0 aliphatic heterocycles. The molecule has 1 atom stereocenters. The Kier molecular flexibility index (Phi) is 4.04. The molecule has 18 heavy (non-hydrogen) atoms. The minimum Gasteiger partial charge on any atom is -0.327 e. The van der Waals surface area contributed by atoms with Gasteiger partial charge in [-0.3, -0.25) is 0 Å². The number of rotatable bonds is 5. The third kappa shape index (κ3) is 2.91. The maximum absolute atomic E-state index is 12.1. The van der Waals surface area contributed by atoms with Crippen LogP contribution in [0.5, 0.6) is 0 Å². The highest BCUT2D eigenvalue weighted by Gasteiger charge is 2.18. The quantitative estimate of drug-likeness (QED) is 0.842. The molecule has 0 heterocycles. The summed E-state index contributed by atoms with van der Waals surface area (Å²) in [7, 11) is -3.42. The Morgan fingerprint density at radius 3 is 2.78 bits per heavy atom. The molecule has 0 saturated carbocycles. The minimum atomic E-state index is -3.42. The van der Waals surface area contributed by atoms with Crippen molar-refractivity contribution in [3.63, 3.8) is 0 Å². The Labute approximate surface area is 109 Å². The number of hydrogen-bond donors (Lipinski definition) is 2. The van der Waals surface area contributed by atoms with Gasteiger partial charge in [0.25, 0.3) is 0 Å². The lowest BCUT2D eigenvalue weighted by Gasteiger charge is -2.11. The van der Waals surface area contributed by atoms with E-state index in [1.165, 1.54) is 5.56 Å². The lowest BCUT2D eigenvalue weighted by atomic mass is 10.1. The maximum atomic E-state index is 12.1. The Hall–Kier alpha value is -0.910. The van der Waals surface area contributed by atoms with Crippen LogP contribution in [-0.2, 0) is 22.9 Å². The van der Waals surface area contributed by atoms with Gasteiger partial charge in [-0.05, 0) is 48.9 Å². The molecule has 1 aromatic rings. The van der Waals surface area contributed by atoms with E-state index in [0.29, 0.717) is 4.90 Å². The fourth-order valence-electron chi connectivity index (χ4n) is 2.16. The summed E-state index contributed by atoms with van der Waals surface area (Å²) in [5.74, 6) is 0. The molecule has 1 unspecified atom stereocenters. The lowest BCUT2D eigenvalue weighted by Crippen LogP contribution is -2.36. The first-order valence-electron chi connectivity index (χ1n) is 6.40. The van der Waals surface area contributed by atoms with Crippen molar-refractivity contribution in [1.29, 1.82) is 0 Å². The van der Waals surface area contributed by atoms with Crippen molar-refractivity contribution in [2.75, 3.05) is 6.54 Å². The molecule has 0 bridgehead atoms. The van der Waals surface area contributed by atoms with Crippen LogP contribution in [0.4, 0.5) is 0 Å². The molecule has 0 aromatic heterocycles. The standard InChI is InChI=1S/C13H20N2O2S/c1-2-12(14)9-15-18(16,17)13-7-6-10-4-3-5-11(10)8-13/h6-8,12,15H,2-5,9,14H2,1H3. The van der Waals surface area contributed by atoms with Crippen LogP contribution in [0.2, 0.25) is 0 Å². The smallest absolute Gasteiger partial charge is 0.240 e. The summed E-state index contributed by atoms with van der Waals surface area (Å²) in [6.45, 7) is 2.23. The maximum Gasteiger partial charge on any atom is 0.240 e. The van der Waals surface area contributed by atoms with Gasteiger partial charge in [0.05, 0.1) is 4.90 Å². The van der Waals surface area contributed by atoms with Crippen molar-refractivity contribution >= 4 is 10.0 Å². The van der Waals surface area contributed by atoms with Gasteiger partial charge in [-0.2, -0.15) is 0 Å². The summed E-state index contributed by atoms with van der Waals surface area (Å²) in [5, 5.41) is 0. The molecule has 100 valence electrons. The van der Waals surface area contributed by atoms with Gasteiger partial charge in [0.2, 0.25) is 10.0 Å². The normalized spacial score (nSPS) is 16.6. The fourth-order valence-corrected chi connectivity index (χ4v) is 3.30. The highest BCUT2D eigenvalue weighted by atomic mass is 32.2. The van der Waals surface area contributed by atoms with E-state index < -0.39 is 10.0 Å². The van der Waals surface area contributed by atoms with Crippen LogP contribution in [0.15, 0.2) is 23.1 Å². The molecule has 1 aliphatic carbocycles. The predicted octanol–water partition coefficient (Wildman–Crippen LogP) is 1.19. The van der Waals surface area contributed by atoms with Crippen LogP contribution in [0.1, 0.15) is 30.9 Å². The highest BCUT2D eigenvalue weighted by Crippen LogP contribution is 2.24. The molecule has 5 heteroatoms. The molecule has 0 radical (unpaired) electrons. The van der Waals surface area contributed by atoms with E-state index in [9.17, 15) is 8.42 Å². The molecule has 0 amide bonds. The molecular formula is C13H20N2O2S. The largest absolute Gasteiger partial charge is 0.327 e. The number of hydrogen-bond acceptors (Lipinski definition) is 3. The molecule has 1 aliphatic rings. The number of nitrogens with one attached hydrogen (secondary N) is 1. The van der Waals surface area contributed by atoms with Crippen molar-refractivity contribution in [1.82, 2.24) is 4.72 Å². The van der Waals surface area contributed by atoms with Gasteiger partial charge in [-0.15, -0.1) is 0 Å². The zero-order chi connectivity index (χ0) is 13.2. The zero-order valence-electron chi connectivity index (χ0n) is 10.6. The van der Waals surface area contributed by atoms with Gasteiger partial charge in [0.15, 0.2) is 0 Å². The van der Waals surface area contributed by atoms with Crippen LogP contribution in [-0.4, -0.2) is 21.0 Å². The van der Waals surface area contributed by atoms with E-state index in [2.05, 4.69) is 4.72 Å². The predicted molar refractivity (Wildman–Crippen MR) is 71.9 cm³/mol.